The van der Waals surface area contributed by atoms with Crippen LogP contribution < -0.4 is 15.0 Å². The number of nitrogens with zero attached hydrogens (tertiary/aromatic N) is 2. The van der Waals surface area contributed by atoms with Gasteiger partial charge in [-0.2, -0.15) is 5.26 Å². The van der Waals surface area contributed by atoms with Gasteiger partial charge < -0.3 is 9.47 Å². The fraction of sp³-hybridized carbons (Fsp3) is 0.333. The van der Waals surface area contributed by atoms with Gasteiger partial charge in [-0.05, 0) is 50.6 Å². The summed E-state index contributed by atoms with van der Waals surface area (Å²) >= 11 is 9.78. The minimum atomic E-state index is -0.587. The lowest BCUT2D eigenvalue weighted by atomic mass is 10.1. The Bertz CT molecular complexity index is 943. The highest BCUT2D eigenvalue weighted by Crippen LogP contribution is 2.30. The second-order valence-electron chi connectivity index (χ2n) is 6.62. The number of aliphatic imine (C=N–C) groups is 1. The van der Waals surface area contributed by atoms with Crippen LogP contribution in [0.5, 0.6) is 11.5 Å². The Morgan fingerprint density at radius 1 is 1.31 bits per heavy atom. The van der Waals surface area contributed by atoms with Gasteiger partial charge in [-0.1, -0.05) is 33.6 Å². The van der Waals surface area contributed by atoms with E-state index in [0.717, 1.165) is 17.3 Å². The number of hydrogen-bond acceptors (Lipinski definition) is 6. The second kappa shape index (κ2) is 9.97. The highest BCUT2D eigenvalue weighted by atomic mass is 79.9. The molecule has 8 heteroatoms. The first kappa shape index (κ1) is 21.4. The Kier molecular flexibility index (Phi) is 7.37. The summed E-state index contributed by atoms with van der Waals surface area (Å²) in [7, 11) is 0. The molecule has 2 aromatic carbocycles. The zero-order valence-electron chi connectivity index (χ0n) is 16.1. The number of benzene rings is 2. The lowest BCUT2D eigenvalue weighted by molar-refractivity contribution is 0.0376. The van der Waals surface area contributed by atoms with Gasteiger partial charge in [0.05, 0.1) is 23.3 Å². The van der Waals surface area contributed by atoms with E-state index in [4.69, 9.17) is 25.9 Å². The van der Waals surface area contributed by atoms with Crippen molar-refractivity contribution in [3.05, 3.63) is 58.1 Å². The van der Waals surface area contributed by atoms with Gasteiger partial charge in [0.25, 0.3) is 0 Å². The van der Waals surface area contributed by atoms with Gasteiger partial charge in [-0.3, -0.25) is 0 Å². The van der Waals surface area contributed by atoms with Crippen LogP contribution in [0, 0.1) is 11.3 Å². The van der Waals surface area contributed by atoms with Crippen LogP contribution in [-0.2, 0) is 4.84 Å². The van der Waals surface area contributed by atoms with E-state index in [-0.39, 0.29) is 6.10 Å². The third-order valence-corrected chi connectivity index (χ3v) is 4.90. The van der Waals surface area contributed by atoms with Crippen molar-refractivity contribution in [2.24, 2.45) is 4.99 Å². The van der Waals surface area contributed by atoms with Gasteiger partial charge in [0.15, 0.2) is 5.84 Å². The first-order valence-corrected chi connectivity index (χ1v) is 10.7. The van der Waals surface area contributed by atoms with E-state index in [9.17, 15) is 5.26 Å². The van der Waals surface area contributed by atoms with Crippen LogP contribution in [0.3, 0.4) is 0 Å². The molecule has 0 saturated carbocycles. The molecule has 0 spiro atoms. The predicted molar refractivity (Wildman–Crippen MR) is 116 cm³/mol. The van der Waals surface area contributed by atoms with Crippen LogP contribution in [0.2, 0.25) is 5.02 Å². The summed E-state index contributed by atoms with van der Waals surface area (Å²) in [6, 6.07) is 12.9. The van der Waals surface area contributed by atoms with E-state index < -0.39 is 6.23 Å². The molecule has 0 amide bonds. The molecule has 29 heavy (non-hydrogen) atoms. The summed E-state index contributed by atoms with van der Waals surface area (Å²) in [6.07, 6.45) is 0.307. The second-order valence-corrected chi connectivity index (χ2v) is 7.82. The Morgan fingerprint density at radius 3 is 2.83 bits per heavy atom. The van der Waals surface area contributed by atoms with Crippen LogP contribution in [0.1, 0.15) is 43.2 Å². The van der Waals surface area contributed by atoms with E-state index in [1.54, 1.807) is 18.2 Å². The standard InChI is InChI=1S/C21H21BrClN3O3/c1-13(2)28-19-7-4-14(10-15(19)12-24)21-25-20(26-29-21)17-6-5-16(11-18(17)23)27-9-3-8-22/h4-7,10-11,13,21H,3,8-9H2,1-2H3,(H,25,26). The fourth-order valence-electron chi connectivity index (χ4n) is 2.72. The van der Waals surface area contributed by atoms with Gasteiger partial charge in [-0.25, -0.2) is 15.3 Å². The summed E-state index contributed by atoms with van der Waals surface area (Å²) in [5.41, 5.74) is 4.71. The Balaban J connectivity index is 1.77. The molecule has 1 heterocycles. The number of halogens is 2. The molecule has 1 aliphatic heterocycles. The molecule has 1 aliphatic rings. The molecule has 0 fully saturated rings. The quantitative estimate of drug-likeness (QED) is 0.420. The molecule has 2 aromatic rings. The van der Waals surface area contributed by atoms with Gasteiger partial charge in [-0.15, -0.1) is 0 Å². The minimum absolute atomic E-state index is 0.0180. The monoisotopic (exact) mass is 477 g/mol. The first-order chi connectivity index (χ1) is 14.0. The largest absolute Gasteiger partial charge is 0.494 e. The summed E-state index contributed by atoms with van der Waals surface area (Å²) in [5.74, 6) is 1.77. The number of hydrogen-bond donors (Lipinski definition) is 1. The van der Waals surface area contributed by atoms with E-state index in [1.165, 1.54) is 0 Å². The van der Waals surface area contributed by atoms with Crippen molar-refractivity contribution in [1.82, 2.24) is 5.48 Å². The molecule has 0 aliphatic carbocycles. The number of hydroxylamine groups is 1. The third kappa shape index (κ3) is 5.41. The zero-order chi connectivity index (χ0) is 20.8. The van der Waals surface area contributed by atoms with E-state index in [1.807, 2.05) is 32.0 Å². The molecule has 6 nitrogen and oxygen atoms in total. The summed E-state index contributed by atoms with van der Waals surface area (Å²) in [6.45, 7) is 4.44. The van der Waals surface area contributed by atoms with Gasteiger partial charge in [0, 0.05) is 16.5 Å². The molecule has 0 aromatic heterocycles. The van der Waals surface area contributed by atoms with Crippen LogP contribution >= 0.6 is 27.5 Å². The first-order valence-electron chi connectivity index (χ1n) is 9.20. The third-order valence-electron chi connectivity index (χ3n) is 4.03. The lowest BCUT2D eigenvalue weighted by Crippen LogP contribution is -2.18. The van der Waals surface area contributed by atoms with Gasteiger partial charge in [0.2, 0.25) is 6.23 Å². The average molecular weight is 479 g/mol. The number of nitrogens with one attached hydrogen (secondary N) is 1. The van der Waals surface area contributed by atoms with Crippen molar-refractivity contribution in [1.29, 1.82) is 5.26 Å². The normalized spacial score (nSPS) is 15.6. The average Bonchev–Trinajstić information content (AvgIpc) is 3.18. The Hall–Kier alpha value is -2.27. The molecule has 1 unspecified atom stereocenters. The highest BCUT2D eigenvalue weighted by Gasteiger charge is 2.23. The molecule has 3 rings (SSSR count). The number of nitriles is 1. The number of ether oxygens (including phenoxy) is 2. The Labute approximate surface area is 183 Å². The molecule has 1 N–H and O–H groups in total. The van der Waals surface area contributed by atoms with Crippen molar-refractivity contribution in [3.8, 4) is 17.6 Å². The summed E-state index contributed by atoms with van der Waals surface area (Å²) in [5, 5.41) is 10.8. The maximum atomic E-state index is 9.41. The van der Waals surface area contributed by atoms with Gasteiger partial charge >= 0.3 is 0 Å². The van der Waals surface area contributed by atoms with Crippen molar-refractivity contribution in [2.75, 3.05) is 11.9 Å². The lowest BCUT2D eigenvalue weighted by Gasteiger charge is -2.13. The summed E-state index contributed by atoms with van der Waals surface area (Å²) in [4.78, 5) is 10.2. The topological polar surface area (TPSA) is 75.9 Å². The maximum absolute atomic E-state index is 9.41. The van der Waals surface area contributed by atoms with Crippen molar-refractivity contribution in [2.45, 2.75) is 32.6 Å². The molecular formula is C21H21BrClN3O3. The van der Waals surface area contributed by atoms with Crippen LogP contribution in [0.4, 0.5) is 0 Å². The van der Waals surface area contributed by atoms with E-state index >= 15 is 0 Å². The van der Waals surface area contributed by atoms with E-state index in [0.29, 0.717) is 40.1 Å². The fourth-order valence-corrected chi connectivity index (χ4v) is 3.21. The molecule has 0 saturated heterocycles. The molecule has 152 valence electrons. The predicted octanol–water partition coefficient (Wildman–Crippen LogP) is 5.14. The Morgan fingerprint density at radius 2 is 2.14 bits per heavy atom. The van der Waals surface area contributed by atoms with Crippen molar-refractivity contribution < 1.29 is 14.3 Å². The number of amidine groups is 1. The highest BCUT2D eigenvalue weighted by molar-refractivity contribution is 9.09. The van der Waals surface area contributed by atoms with Crippen LogP contribution in [0.25, 0.3) is 0 Å². The van der Waals surface area contributed by atoms with E-state index in [2.05, 4.69) is 32.5 Å². The minimum Gasteiger partial charge on any atom is -0.494 e. The number of rotatable bonds is 8. The summed E-state index contributed by atoms with van der Waals surface area (Å²) < 4.78 is 11.3. The van der Waals surface area contributed by atoms with Crippen LogP contribution in [-0.4, -0.2) is 23.9 Å². The van der Waals surface area contributed by atoms with Gasteiger partial charge in [0.1, 0.15) is 17.6 Å². The molecule has 0 radical (unpaired) electrons. The van der Waals surface area contributed by atoms with Crippen molar-refractivity contribution >= 4 is 33.4 Å². The zero-order valence-corrected chi connectivity index (χ0v) is 18.5. The van der Waals surface area contributed by atoms with Crippen molar-refractivity contribution in [3.63, 3.8) is 0 Å². The maximum Gasteiger partial charge on any atom is 0.202 e. The smallest absolute Gasteiger partial charge is 0.202 e. The SMILES string of the molecule is CC(C)Oc1ccc(C2N=C(c3ccc(OCCCBr)cc3Cl)NO2)cc1C#N. The number of alkyl halides is 1. The van der Waals surface area contributed by atoms with Crippen LogP contribution in [0.15, 0.2) is 41.4 Å². The molecule has 0 bridgehead atoms. The molecule has 1 atom stereocenters. The molecular weight excluding hydrogens is 458 g/mol.